The van der Waals surface area contributed by atoms with Gasteiger partial charge in [-0.25, -0.2) is 0 Å². The minimum absolute atomic E-state index is 0.0387. The Bertz CT molecular complexity index is 279. The first-order chi connectivity index (χ1) is 9.18. The van der Waals surface area contributed by atoms with Gasteiger partial charge in [0, 0.05) is 19.1 Å². The lowest BCUT2D eigenvalue weighted by Crippen LogP contribution is -2.54. The monoisotopic (exact) mass is 265 g/mol. The molecular formula is C17H31NO. The topological polar surface area (TPSA) is 21.3 Å². The van der Waals surface area contributed by atoms with Gasteiger partial charge in [0.25, 0.3) is 0 Å². The van der Waals surface area contributed by atoms with Crippen molar-refractivity contribution in [1.82, 2.24) is 5.32 Å². The van der Waals surface area contributed by atoms with E-state index >= 15 is 0 Å². The van der Waals surface area contributed by atoms with Gasteiger partial charge >= 0.3 is 0 Å². The second-order valence-corrected chi connectivity index (χ2v) is 5.91. The molecule has 1 fully saturated rings. The lowest BCUT2D eigenvalue weighted by molar-refractivity contribution is -0.102. The third kappa shape index (κ3) is 4.82. The van der Waals surface area contributed by atoms with Crippen LogP contribution in [0.3, 0.4) is 0 Å². The molecule has 1 N–H and O–H groups in total. The van der Waals surface area contributed by atoms with Crippen LogP contribution in [0.5, 0.6) is 0 Å². The molecule has 0 aromatic heterocycles. The first-order valence-corrected chi connectivity index (χ1v) is 7.99. The average molecular weight is 265 g/mol. The highest BCUT2D eigenvalue weighted by molar-refractivity contribution is 4.97. The molecule has 0 saturated heterocycles. The van der Waals surface area contributed by atoms with Crippen LogP contribution in [0.1, 0.15) is 65.7 Å². The zero-order valence-electron chi connectivity index (χ0n) is 13.0. The highest BCUT2D eigenvalue weighted by Crippen LogP contribution is 2.39. The van der Waals surface area contributed by atoms with Crippen LogP contribution in [-0.2, 0) is 4.74 Å². The number of rotatable bonds is 8. The van der Waals surface area contributed by atoms with Gasteiger partial charge in [-0.3, -0.25) is 0 Å². The number of terminal acetylenes is 1. The van der Waals surface area contributed by atoms with Crippen molar-refractivity contribution in [2.24, 2.45) is 5.92 Å². The van der Waals surface area contributed by atoms with E-state index in [1.54, 1.807) is 0 Å². The largest absolute Gasteiger partial charge is 0.374 e. The van der Waals surface area contributed by atoms with Crippen LogP contribution in [0.2, 0.25) is 0 Å². The summed E-state index contributed by atoms with van der Waals surface area (Å²) in [6, 6.07) is 0.452. The van der Waals surface area contributed by atoms with Gasteiger partial charge in [0.1, 0.15) is 0 Å². The van der Waals surface area contributed by atoms with Crippen molar-refractivity contribution in [3.8, 4) is 12.3 Å². The number of hydrogen-bond acceptors (Lipinski definition) is 2. The maximum absolute atomic E-state index is 6.27. The van der Waals surface area contributed by atoms with E-state index in [2.05, 4.69) is 32.0 Å². The molecule has 0 spiro atoms. The summed E-state index contributed by atoms with van der Waals surface area (Å²) in [5.74, 6) is 3.53. The van der Waals surface area contributed by atoms with Crippen molar-refractivity contribution in [2.75, 3.05) is 13.2 Å². The zero-order valence-corrected chi connectivity index (χ0v) is 13.0. The van der Waals surface area contributed by atoms with Crippen LogP contribution in [0.25, 0.3) is 0 Å². The molecule has 3 unspecified atom stereocenters. The maximum atomic E-state index is 6.27. The minimum Gasteiger partial charge on any atom is -0.374 e. The average Bonchev–Trinajstić information content (AvgIpc) is 2.38. The third-order valence-electron chi connectivity index (χ3n) is 4.32. The molecule has 1 aliphatic rings. The van der Waals surface area contributed by atoms with E-state index in [4.69, 9.17) is 11.2 Å². The smallest absolute Gasteiger partial charge is 0.0837 e. The molecule has 19 heavy (non-hydrogen) atoms. The zero-order chi connectivity index (χ0) is 14.1. The van der Waals surface area contributed by atoms with E-state index in [0.29, 0.717) is 6.04 Å². The standard InChI is InChI=1S/C17H31NO/c1-5-8-9-12-16(18-6-2)17(19-7-3)13-10-11-15(4)14-17/h1,15-16,18H,6-14H2,2-4H3. The van der Waals surface area contributed by atoms with Crippen LogP contribution < -0.4 is 5.32 Å². The van der Waals surface area contributed by atoms with Crippen molar-refractivity contribution >= 4 is 0 Å². The van der Waals surface area contributed by atoms with Crippen LogP contribution in [0.4, 0.5) is 0 Å². The molecule has 110 valence electrons. The van der Waals surface area contributed by atoms with E-state index < -0.39 is 0 Å². The molecule has 0 amide bonds. The Morgan fingerprint density at radius 3 is 2.84 bits per heavy atom. The highest BCUT2D eigenvalue weighted by Gasteiger charge is 2.41. The quantitative estimate of drug-likeness (QED) is 0.533. The number of unbranched alkanes of at least 4 members (excludes halogenated alkanes) is 1. The van der Waals surface area contributed by atoms with Gasteiger partial charge in [-0.05, 0) is 45.1 Å². The molecular weight excluding hydrogens is 234 g/mol. The summed E-state index contributed by atoms with van der Waals surface area (Å²) in [5.41, 5.74) is 0.0387. The van der Waals surface area contributed by atoms with Gasteiger partial charge in [0.2, 0.25) is 0 Å². The Hall–Kier alpha value is -0.520. The molecule has 0 aromatic rings. The van der Waals surface area contributed by atoms with E-state index in [1.165, 1.54) is 25.7 Å². The van der Waals surface area contributed by atoms with Gasteiger partial charge in [0.05, 0.1) is 5.60 Å². The molecule has 0 aliphatic heterocycles. The minimum atomic E-state index is 0.0387. The Labute approximate surface area is 119 Å². The van der Waals surface area contributed by atoms with Gasteiger partial charge < -0.3 is 10.1 Å². The summed E-state index contributed by atoms with van der Waals surface area (Å²) in [5, 5.41) is 3.66. The SMILES string of the molecule is C#CCCCC(NCC)C1(OCC)CCCC(C)C1. The van der Waals surface area contributed by atoms with Gasteiger partial charge in [0.15, 0.2) is 0 Å². The van der Waals surface area contributed by atoms with Crippen molar-refractivity contribution < 1.29 is 4.74 Å². The Morgan fingerprint density at radius 2 is 2.26 bits per heavy atom. The lowest BCUT2D eigenvalue weighted by atomic mass is 9.73. The fourth-order valence-electron chi connectivity index (χ4n) is 3.59. The second kappa shape index (κ2) is 8.61. The van der Waals surface area contributed by atoms with Gasteiger partial charge in [-0.1, -0.05) is 26.7 Å². The highest BCUT2D eigenvalue weighted by atomic mass is 16.5. The van der Waals surface area contributed by atoms with E-state index in [9.17, 15) is 0 Å². The molecule has 0 radical (unpaired) electrons. The summed E-state index contributed by atoms with van der Waals surface area (Å²) >= 11 is 0. The number of nitrogens with one attached hydrogen (secondary N) is 1. The van der Waals surface area contributed by atoms with Crippen molar-refractivity contribution in [2.45, 2.75) is 77.4 Å². The predicted octanol–water partition coefficient (Wildman–Crippen LogP) is 3.75. The van der Waals surface area contributed by atoms with Crippen molar-refractivity contribution in [3.05, 3.63) is 0 Å². The fraction of sp³-hybridized carbons (Fsp3) is 0.882. The Balaban J connectivity index is 2.75. The molecule has 1 aliphatic carbocycles. The summed E-state index contributed by atoms with van der Waals surface area (Å²) in [4.78, 5) is 0. The first kappa shape index (κ1) is 16.5. The van der Waals surface area contributed by atoms with Crippen LogP contribution >= 0.6 is 0 Å². The number of likely N-dealkylation sites (N-methyl/N-ethyl adjacent to an activating group) is 1. The lowest BCUT2D eigenvalue weighted by Gasteiger charge is -2.45. The summed E-state index contributed by atoms with van der Waals surface area (Å²) in [7, 11) is 0. The summed E-state index contributed by atoms with van der Waals surface area (Å²) in [6.07, 6.45) is 13.5. The first-order valence-electron chi connectivity index (χ1n) is 7.99. The van der Waals surface area contributed by atoms with E-state index in [1.807, 2.05) is 0 Å². The molecule has 0 aromatic carbocycles. The number of hydrogen-bond donors (Lipinski definition) is 1. The summed E-state index contributed by atoms with van der Waals surface area (Å²) in [6.45, 7) is 8.47. The second-order valence-electron chi connectivity index (χ2n) is 5.91. The van der Waals surface area contributed by atoms with Crippen LogP contribution in [-0.4, -0.2) is 24.8 Å². The molecule has 1 rings (SSSR count). The van der Waals surface area contributed by atoms with Crippen LogP contribution in [0.15, 0.2) is 0 Å². The van der Waals surface area contributed by atoms with Gasteiger partial charge in [-0.15, -0.1) is 12.3 Å². The third-order valence-corrected chi connectivity index (χ3v) is 4.32. The normalized spacial score (nSPS) is 28.8. The molecule has 2 heteroatoms. The molecule has 0 heterocycles. The molecule has 2 nitrogen and oxygen atoms in total. The maximum Gasteiger partial charge on any atom is 0.0837 e. The van der Waals surface area contributed by atoms with Gasteiger partial charge in [-0.2, -0.15) is 0 Å². The van der Waals surface area contributed by atoms with E-state index in [0.717, 1.165) is 38.3 Å². The Kier molecular flexibility index (Phi) is 7.49. The number of ether oxygens (including phenoxy) is 1. The van der Waals surface area contributed by atoms with Crippen LogP contribution in [0, 0.1) is 18.3 Å². The van der Waals surface area contributed by atoms with E-state index in [-0.39, 0.29) is 5.60 Å². The van der Waals surface area contributed by atoms with Crippen molar-refractivity contribution in [1.29, 1.82) is 0 Å². The molecule has 1 saturated carbocycles. The molecule has 0 bridgehead atoms. The Morgan fingerprint density at radius 1 is 1.47 bits per heavy atom. The summed E-state index contributed by atoms with van der Waals surface area (Å²) < 4.78 is 6.27. The fourth-order valence-corrected chi connectivity index (χ4v) is 3.59. The van der Waals surface area contributed by atoms with Crippen molar-refractivity contribution in [3.63, 3.8) is 0 Å². The predicted molar refractivity (Wildman–Crippen MR) is 82.1 cm³/mol. The molecule has 3 atom stereocenters.